The highest BCUT2D eigenvalue weighted by atomic mass is 32.1. The van der Waals surface area contributed by atoms with Crippen LogP contribution in [0.15, 0.2) is 30.0 Å². The van der Waals surface area contributed by atoms with Gasteiger partial charge >= 0.3 is 0 Å². The number of carbonyl (C=O) groups is 1. The van der Waals surface area contributed by atoms with E-state index in [-0.39, 0.29) is 5.91 Å². The summed E-state index contributed by atoms with van der Waals surface area (Å²) in [7, 11) is 0. The zero-order valence-electron chi connectivity index (χ0n) is 8.46. The fourth-order valence-electron chi connectivity index (χ4n) is 1.21. The van der Waals surface area contributed by atoms with Crippen LogP contribution in [0.25, 0.3) is 0 Å². The van der Waals surface area contributed by atoms with Crippen LogP contribution >= 0.6 is 11.3 Å². The summed E-state index contributed by atoms with van der Waals surface area (Å²) in [5.41, 5.74) is 2.63. The molecule has 6 heteroatoms. The van der Waals surface area contributed by atoms with Crippen LogP contribution < -0.4 is 5.32 Å². The molecule has 5 nitrogen and oxygen atoms in total. The van der Waals surface area contributed by atoms with E-state index < -0.39 is 0 Å². The molecule has 16 heavy (non-hydrogen) atoms. The molecule has 0 saturated heterocycles. The van der Waals surface area contributed by atoms with Crippen molar-refractivity contribution in [1.29, 1.82) is 0 Å². The molecule has 2 heterocycles. The summed E-state index contributed by atoms with van der Waals surface area (Å²) in [5, 5.41) is 10.6. The number of nitrogens with zero attached hydrogens (tertiary/aromatic N) is 3. The minimum Gasteiger partial charge on any atom is -0.301 e. The highest BCUT2D eigenvalue weighted by Crippen LogP contribution is 2.09. The number of aryl methyl sites for hydroxylation is 1. The number of carbonyl (C=O) groups excluding carboxylic acids is 1. The molecule has 1 amide bonds. The van der Waals surface area contributed by atoms with E-state index in [4.69, 9.17) is 0 Å². The zero-order chi connectivity index (χ0) is 11.2. The molecule has 0 aliphatic heterocycles. The van der Waals surface area contributed by atoms with Crippen LogP contribution in [0.4, 0.5) is 5.13 Å². The summed E-state index contributed by atoms with van der Waals surface area (Å²) in [6, 6.07) is 3.81. The topological polar surface area (TPSA) is 67.8 Å². The van der Waals surface area contributed by atoms with Crippen molar-refractivity contribution in [3.05, 3.63) is 35.6 Å². The smallest absolute Gasteiger partial charge is 0.226 e. The van der Waals surface area contributed by atoms with E-state index in [1.807, 2.05) is 12.1 Å². The molecule has 0 saturated carbocycles. The highest BCUT2D eigenvalue weighted by Gasteiger charge is 2.04. The van der Waals surface area contributed by atoms with Gasteiger partial charge < -0.3 is 5.32 Å². The predicted octanol–water partition coefficient (Wildman–Crippen LogP) is 1.50. The van der Waals surface area contributed by atoms with Crippen molar-refractivity contribution in [1.82, 2.24) is 15.2 Å². The minimum absolute atomic E-state index is 0.0550. The van der Waals surface area contributed by atoms with Crippen LogP contribution in [0.3, 0.4) is 0 Å². The van der Waals surface area contributed by atoms with Gasteiger partial charge in [-0.2, -0.15) is 0 Å². The Morgan fingerprint density at radius 3 is 3.12 bits per heavy atom. The first kappa shape index (κ1) is 10.7. The molecule has 0 spiro atoms. The van der Waals surface area contributed by atoms with Gasteiger partial charge in [-0.1, -0.05) is 17.4 Å². The van der Waals surface area contributed by atoms with Crippen LogP contribution in [0.1, 0.15) is 12.0 Å². The van der Waals surface area contributed by atoms with E-state index in [0.717, 1.165) is 5.56 Å². The Bertz CT molecular complexity index is 443. The Hall–Kier alpha value is -1.82. The molecule has 0 aromatic carbocycles. The van der Waals surface area contributed by atoms with E-state index in [9.17, 15) is 4.79 Å². The monoisotopic (exact) mass is 234 g/mol. The van der Waals surface area contributed by atoms with Crippen molar-refractivity contribution >= 4 is 22.4 Å². The number of rotatable bonds is 4. The van der Waals surface area contributed by atoms with Crippen molar-refractivity contribution in [3.63, 3.8) is 0 Å². The van der Waals surface area contributed by atoms with Gasteiger partial charge in [0.25, 0.3) is 0 Å². The lowest BCUT2D eigenvalue weighted by Gasteiger charge is -2.00. The molecule has 82 valence electrons. The molecular weight excluding hydrogens is 224 g/mol. The van der Waals surface area contributed by atoms with Gasteiger partial charge in [-0.05, 0) is 18.1 Å². The molecule has 2 aromatic heterocycles. The van der Waals surface area contributed by atoms with Gasteiger partial charge in [0.1, 0.15) is 5.51 Å². The third-order valence-electron chi connectivity index (χ3n) is 1.97. The number of nitrogens with one attached hydrogen (secondary N) is 1. The molecule has 0 atom stereocenters. The SMILES string of the molecule is O=C(CCc1cccnc1)Nc1nncs1. The zero-order valence-corrected chi connectivity index (χ0v) is 9.28. The molecule has 0 fully saturated rings. The minimum atomic E-state index is -0.0550. The Balaban J connectivity index is 1.80. The fourth-order valence-corrected chi connectivity index (χ4v) is 1.67. The van der Waals surface area contributed by atoms with Gasteiger partial charge in [-0.3, -0.25) is 9.78 Å². The number of hydrogen-bond acceptors (Lipinski definition) is 5. The van der Waals surface area contributed by atoms with Gasteiger partial charge in [0.05, 0.1) is 0 Å². The molecule has 0 unspecified atom stereocenters. The summed E-state index contributed by atoms with van der Waals surface area (Å²) in [5.74, 6) is -0.0550. The van der Waals surface area contributed by atoms with Crippen LogP contribution in [0.5, 0.6) is 0 Å². The maximum atomic E-state index is 11.5. The summed E-state index contributed by atoms with van der Waals surface area (Å²) in [4.78, 5) is 15.5. The quantitative estimate of drug-likeness (QED) is 0.870. The van der Waals surface area contributed by atoms with Crippen LogP contribution in [-0.4, -0.2) is 21.1 Å². The summed E-state index contributed by atoms with van der Waals surface area (Å²) < 4.78 is 0. The van der Waals surface area contributed by atoms with Gasteiger partial charge in [0, 0.05) is 18.8 Å². The molecule has 2 aromatic rings. The van der Waals surface area contributed by atoms with E-state index >= 15 is 0 Å². The van der Waals surface area contributed by atoms with Crippen molar-refractivity contribution in [3.8, 4) is 0 Å². The normalized spacial score (nSPS) is 10.0. The molecule has 0 aliphatic carbocycles. The number of amides is 1. The standard InChI is InChI=1S/C10H10N4OS/c15-9(13-10-14-12-7-16-10)4-3-8-2-1-5-11-6-8/h1-2,5-7H,3-4H2,(H,13,14,15). The number of hydrogen-bond donors (Lipinski definition) is 1. The number of pyridine rings is 1. The molecule has 1 N–H and O–H groups in total. The lowest BCUT2D eigenvalue weighted by molar-refractivity contribution is -0.116. The van der Waals surface area contributed by atoms with Gasteiger partial charge in [0.2, 0.25) is 11.0 Å². The van der Waals surface area contributed by atoms with Crippen molar-refractivity contribution in [2.75, 3.05) is 5.32 Å². The van der Waals surface area contributed by atoms with Crippen molar-refractivity contribution in [2.45, 2.75) is 12.8 Å². The van der Waals surface area contributed by atoms with Gasteiger partial charge in [-0.25, -0.2) is 0 Å². The predicted molar refractivity (Wildman–Crippen MR) is 61.1 cm³/mol. The molecule has 2 rings (SSSR count). The molecular formula is C10H10N4OS. The lowest BCUT2D eigenvalue weighted by Crippen LogP contribution is -2.12. The second-order valence-corrected chi connectivity index (χ2v) is 3.99. The fraction of sp³-hybridized carbons (Fsp3) is 0.200. The molecule has 0 aliphatic rings. The first-order chi connectivity index (χ1) is 7.84. The van der Waals surface area contributed by atoms with Crippen LogP contribution in [0.2, 0.25) is 0 Å². The van der Waals surface area contributed by atoms with Crippen molar-refractivity contribution < 1.29 is 4.79 Å². The Kier molecular flexibility index (Phi) is 3.55. The number of aromatic nitrogens is 3. The van der Waals surface area contributed by atoms with E-state index in [1.54, 1.807) is 17.9 Å². The highest BCUT2D eigenvalue weighted by molar-refractivity contribution is 7.13. The van der Waals surface area contributed by atoms with Gasteiger partial charge in [0.15, 0.2) is 0 Å². The summed E-state index contributed by atoms with van der Waals surface area (Å²) in [6.07, 6.45) is 4.58. The first-order valence-corrected chi connectivity index (χ1v) is 5.67. The second-order valence-electron chi connectivity index (χ2n) is 3.15. The Labute approximate surface area is 96.6 Å². The van der Waals surface area contributed by atoms with E-state index in [2.05, 4.69) is 20.5 Å². The summed E-state index contributed by atoms with van der Waals surface area (Å²) >= 11 is 1.31. The maximum absolute atomic E-state index is 11.5. The second kappa shape index (κ2) is 5.32. The van der Waals surface area contributed by atoms with Crippen molar-refractivity contribution in [2.24, 2.45) is 0 Å². The van der Waals surface area contributed by atoms with Crippen LogP contribution in [-0.2, 0) is 11.2 Å². The third kappa shape index (κ3) is 3.09. The summed E-state index contributed by atoms with van der Waals surface area (Å²) in [6.45, 7) is 0. The first-order valence-electron chi connectivity index (χ1n) is 4.79. The van der Waals surface area contributed by atoms with E-state index in [0.29, 0.717) is 18.0 Å². The van der Waals surface area contributed by atoms with E-state index in [1.165, 1.54) is 11.3 Å². The van der Waals surface area contributed by atoms with Crippen LogP contribution in [0, 0.1) is 0 Å². The maximum Gasteiger partial charge on any atom is 0.226 e. The Morgan fingerprint density at radius 1 is 1.50 bits per heavy atom. The largest absolute Gasteiger partial charge is 0.301 e. The lowest BCUT2D eigenvalue weighted by atomic mass is 10.1. The average Bonchev–Trinajstić information content (AvgIpc) is 2.81. The van der Waals surface area contributed by atoms with Gasteiger partial charge in [-0.15, -0.1) is 10.2 Å². The Morgan fingerprint density at radius 2 is 2.44 bits per heavy atom. The molecule has 0 bridgehead atoms. The average molecular weight is 234 g/mol. The number of anilines is 1. The third-order valence-corrected chi connectivity index (χ3v) is 2.58. The molecule has 0 radical (unpaired) electrons.